The van der Waals surface area contributed by atoms with E-state index < -0.39 is 10.5 Å². The number of carbonyl (C=O) groups excluding carboxylic acids is 1. The first kappa shape index (κ1) is 13.2. The van der Waals surface area contributed by atoms with Crippen molar-refractivity contribution in [3.63, 3.8) is 0 Å². The van der Waals surface area contributed by atoms with Gasteiger partial charge in [0.15, 0.2) is 0 Å². The molecule has 2 fully saturated rings. The molecule has 2 rings (SSSR count). The van der Waals surface area contributed by atoms with E-state index in [9.17, 15) is 9.90 Å². The molecule has 1 heterocycles. The lowest BCUT2D eigenvalue weighted by Crippen LogP contribution is -2.57. The Morgan fingerprint density at radius 3 is 2.76 bits per heavy atom. The number of hydrogen-bond donors (Lipinski definition) is 2. The summed E-state index contributed by atoms with van der Waals surface area (Å²) in [5.41, 5.74) is -0.682. The molecular weight excluding hydrogens is 238 g/mol. The predicted octanol–water partition coefficient (Wildman–Crippen LogP) is 1.28. The second-order valence-corrected chi connectivity index (χ2v) is 6.47. The average molecular weight is 259 g/mol. The van der Waals surface area contributed by atoms with Crippen LogP contribution in [-0.4, -0.2) is 39.9 Å². The van der Waals surface area contributed by atoms with Crippen LogP contribution in [0.1, 0.15) is 39.5 Å². The second-order valence-electron chi connectivity index (χ2n) is 5.03. The van der Waals surface area contributed by atoms with Crippen molar-refractivity contribution in [2.45, 2.75) is 56.0 Å². The first-order valence-corrected chi connectivity index (χ1v) is 7.30. The van der Waals surface area contributed by atoms with Gasteiger partial charge in [-0.3, -0.25) is 10.1 Å². The van der Waals surface area contributed by atoms with Crippen molar-refractivity contribution in [2.24, 2.45) is 0 Å². The molecule has 1 unspecified atom stereocenters. The maximum Gasteiger partial charge on any atom is 0.324 e. The van der Waals surface area contributed by atoms with E-state index in [1.54, 1.807) is 11.8 Å². The Kier molecular flexibility index (Phi) is 3.71. The van der Waals surface area contributed by atoms with Crippen molar-refractivity contribution in [2.75, 3.05) is 12.4 Å². The summed E-state index contributed by atoms with van der Waals surface area (Å²) in [6.45, 7) is 4.22. The molecule has 4 nitrogen and oxygen atoms in total. The zero-order valence-electron chi connectivity index (χ0n) is 10.5. The van der Waals surface area contributed by atoms with Crippen LogP contribution in [-0.2, 0) is 9.53 Å². The molecule has 2 N–H and O–H groups in total. The fraction of sp³-hybridized carbons (Fsp3) is 0.917. The molecular formula is C12H21NO3S. The Balaban J connectivity index is 2.02. The minimum Gasteiger partial charge on any atom is -0.465 e. The topological polar surface area (TPSA) is 58.6 Å². The van der Waals surface area contributed by atoms with Crippen molar-refractivity contribution in [1.29, 1.82) is 0 Å². The van der Waals surface area contributed by atoms with Crippen molar-refractivity contribution in [3.8, 4) is 0 Å². The predicted molar refractivity (Wildman–Crippen MR) is 67.8 cm³/mol. The molecule has 0 aromatic rings. The van der Waals surface area contributed by atoms with Gasteiger partial charge >= 0.3 is 5.97 Å². The van der Waals surface area contributed by atoms with Crippen LogP contribution in [0.4, 0.5) is 0 Å². The molecule has 5 heteroatoms. The minimum absolute atomic E-state index is 0.203. The van der Waals surface area contributed by atoms with Gasteiger partial charge in [0, 0.05) is 5.75 Å². The first-order chi connectivity index (χ1) is 8.01. The Bertz CT molecular complexity index is 304. The van der Waals surface area contributed by atoms with Crippen LogP contribution in [0.15, 0.2) is 0 Å². The fourth-order valence-electron chi connectivity index (χ4n) is 2.74. The third kappa shape index (κ3) is 2.33. The molecule has 0 radical (unpaired) electrons. The van der Waals surface area contributed by atoms with Gasteiger partial charge in [-0.1, -0.05) is 12.8 Å². The quantitative estimate of drug-likeness (QED) is 0.748. The van der Waals surface area contributed by atoms with Gasteiger partial charge in [0.05, 0.1) is 17.1 Å². The molecule has 17 heavy (non-hydrogen) atoms. The normalized spacial score (nSPS) is 36.1. The number of ether oxygens (including phenoxy) is 1. The highest BCUT2D eigenvalue weighted by atomic mass is 32.2. The van der Waals surface area contributed by atoms with E-state index in [2.05, 4.69) is 5.32 Å². The van der Waals surface area contributed by atoms with Crippen molar-refractivity contribution in [3.05, 3.63) is 0 Å². The number of esters is 1. The molecule has 0 spiro atoms. The van der Waals surface area contributed by atoms with Gasteiger partial charge in [-0.25, -0.2) is 0 Å². The summed E-state index contributed by atoms with van der Waals surface area (Å²) in [5.74, 6) is 0.475. The van der Waals surface area contributed by atoms with Gasteiger partial charge in [0.2, 0.25) is 0 Å². The lowest BCUT2D eigenvalue weighted by atomic mass is 9.92. The van der Waals surface area contributed by atoms with Crippen LogP contribution in [0.2, 0.25) is 0 Å². The van der Waals surface area contributed by atoms with E-state index in [-0.39, 0.29) is 12.0 Å². The minimum atomic E-state index is -0.682. The fourth-order valence-corrected chi connectivity index (χ4v) is 4.16. The molecule has 1 aliphatic carbocycles. The van der Waals surface area contributed by atoms with E-state index in [1.165, 1.54) is 0 Å². The number of hydrogen-bond acceptors (Lipinski definition) is 5. The Morgan fingerprint density at radius 1 is 1.53 bits per heavy atom. The SMILES string of the molecule is CCOC(=O)[C@@H]1CSC(C)(C2(O)CCCC2)N1. The van der Waals surface area contributed by atoms with E-state index in [0.717, 1.165) is 25.7 Å². The summed E-state index contributed by atoms with van der Waals surface area (Å²) in [6.07, 6.45) is 3.77. The van der Waals surface area contributed by atoms with Gasteiger partial charge in [-0.05, 0) is 26.7 Å². The Hall–Kier alpha value is -0.260. The van der Waals surface area contributed by atoms with E-state index in [0.29, 0.717) is 12.4 Å². The molecule has 0 aromatic carbocycles. The lowest BCUT2D eigenvalue weighted by molar-refractivity contribution is -0.145. The summed E-state index contributed by atoms with van der Waals surface area (Å²) < 4.78 is 5.02. The van der Waals surface area contributed by atoms with E-state index in [1.807, 2.05) is 13.8 Å². The Morgan fingerprint density at radius 2 is 2.18 bits per heavy atom. The molecule has 2 atom stereocenters. The first-order valence-electron chi connectivity index (χ1n) is 6.31. The molecule has 0 aromatic heterocycles. The molecule has 1 saturated heterocycles. The highest BCUT2D eigenvalue weighted by molar-refractivity contribution is 8.01. The molecule has 1 aliphatic heterocycles. The van der Waals surface area contributed by atoms with E-state index >= 15 is 0 Å². The van der Waals surface area contributed by atoms with Crippen LogP contribution in [0.5, 0.6) is 0 Å². The second kappa shape index (κ2) is 4.78. The van der Waals surface area contributed by atoms with Gasteiger partial charge in [-0.15, -0.1) is 11.8 Å². The monoisotopic (exact) mass is 259 g/mol. The van der Waals surface area contributed by atoms with Crippen LogP contribution in [0.25, 0.3) is 0 Å². The molecule has 1 saturated carbocycles. The summed E-state index contributed by atoms with van der Waals surface area (Å²) in [4.78, 5) is 11.3. The van der Waals surface area contributed by atoms with Crippen molar-refractivity contribution < 1.29 is 14.6 Å². The number of carbonyl (C=O) groups is 1. The number of aliphatic hydroxyl groups is 1. The summed E-state index contributed by atoms with van der Waals surface area (Å²) in [5, 5.41) is 13.9. The highest BCUT2D eigenvalue weighted by Gasteiger charge is 2.54. The van der Waals surface area contributed by atoms with Gasteiger partial charge < -0.3 is 9.84 Å². The zero-order chi connectivity index (χ0) is 12.5. The van der Waals surface area contributed by atoms with Gasteiger partial charge in [-0.2, -0.15) is 0 Å². The summed E-state index contributed by atoms with van der Waals surface area (Å²) >= 11 is 1.64. The highest BCUT2D eigenvalue weighted by Crippen LogP contribution is 2.47. The zero-order valence-corrected chi connectivity index (χ0v) is 11.3. The third-order valence-electron chi connectivity index (χ3n) is 3.88. The third-order valence-corrected chi connectivity index (χ3v) is 5.45. The van der Waals surface area contributed by atoms with Crippen LogP contribution < -0.4 is 5.32 Å². The maximum absolute atomic E-state index is 11.7. The summed E-state index contributed by atoms with van der Waals surface area (Å²) in [6, 6.07) is -0.283. The van der Waals surface area contributed by atoms with Crippen molar-refractivity contribution >= 4 is 17.7 Å². The van der Waals surface area contributed by atoms with Crippen LogP contribution >= 0.6 is 11.8 Å². The van der Waals surface area contributed by atoms with Gasteiger partial charge in [0.1, 0.15) is 6.04 Å². The van der Waals surface area contributed by atoms with Crippen molar-refractivity contribution in [1.82, 2.24) is 5.32 Å². The Labute approximate surface area is 106 Å². The standard InChI is InChI=1S/C12H21NO3S/c1-3-16-10(14)9-8-17-11(2,13-9)12(15)6-4-5-7-12/h9,13,15H,3-8H2,1-2H3/t9-,11?/m0/s1. The molecule has 2 aliphatic rings. The number of rotatable bonds is 3. The summed E-state index contributed by atoms with van der Waals surface area (Å²) in [7, 11) is 0. The molecule has 0 bridgehead atoms. The largest absolute Gasteiger partial charge is 0.465 e. The molecule has 98 valence electrons. The van der Waals surface area contributed by atoms with Crippen LogP contribution in [0, 0.1) is 0 Å². The lowest BCUT2D eigenvalue weighted by Gasteiger charge is -2.39. The van der Waals surface area contributed by atoms with E-state index in [4.69, 9.17) is 4.74 Å². The maximum atomic E-state index is 11.7. The van der Waals surface area contributed by atoms with Gasteiger partial charge in [0.25, 0.3) is 0 Å². The van der Waals surface area contributed by atoms with Crippen LogP contribution in [0.3, 0.4) is 0 Å². The number of nitrogens with one attached hydrogen (secondary N) is 1. The smallest absolute Gasteiger partial charge is 0.324 e. The molecule has 0 amide bonds. The number of thioether (sulfide) groups is 1. The average Bonchev–Trinajstić information content (AvgIpc) is 2.88.